The predicted octanol–water partition coefficient (Wildman–Crippen LogP) is 1.39. The summed E-state index contributed by atoms with van der Waals surface area (Å²) in [5.74, 6) is 0.208. The first kappa shape index (κ1) is 13.3. The molecule has 0 fully saturated rings. The maximum absolute atomic E-state index is 11.2. The molecule has 0 aliphatic heterocycles. The Morgan fingerprint density at radius 1 is 1.24 bits per heavy atom. The van der Waals surface area contributed by atoms with Crippen molar-refractivity contribution in [3.63, 3.8) is 0 Å². The minimum atomic E-state index is -0.901. The molecule has 5 nitrogen and oxygen atoms in total. The van der Waals surface area contributed by atoms with Gasteiger partial charge in [0, 0.05) is 0 Å². The summed E-state index contributed by atoms with van der Waals surface area (Å²) in [5.41, 5.74) is 0.653. The minimum Gasteiger partial charge on any atom is -0.493 e. The van der Waals surface area contributed by atoms with Crippen LogP contribution in [0.25, 0.3) is 0 Å². The van der Waals surface area contributed by atoms with Crippen LogP contribution >= 0.6 is 0 Å². The molecule has 0 amide bonds. The van der Waals surface area contributed by atoms with Gasteiger partial charge in [0.05, 0.1) is 14.2 Å². The van der Waals surface area contributed by atoms with Crippen LogP contribution in [-0.2, 0) is 4.79 Å². The molecular weight excluding hydrogens is 222 g/mol. The van der Waals surface area contributed by atoms with E-state index in [1.165, 1.54) is 14.2 Å². The molecule has 0 unspecified atom stereocenters. The third kappa shape index (κ3) is 2.88. The topological polar surface area (TPSA) is 59.0 Å². The molecule has 0 aliphatic carbocycles. The minimum absolute atomic E-state index is 0.526. The molecule has 0 bridgehead atoms. The zero-order valence-electron chi connectivity index (χ0n) is 10.4. The van der Waals surface area contributed by atoms with Gasteiger partial charge in [-0.3, -0.25) is 9.69 Å². The number of rotatable bonds is 5. The molecule has 17 heavy (non-hydrogen) atoms. The van der Waals surface area contributed by atoms with E-state index >= 15 is 0 Å². The van der Waals surface area contributed by atoms with Crippen LogP contribution in [0.3, 0.4) is 0 Å². The zero-order valence-corrected chi connectivity index (χ0v) is 10.4. The van der Waals surface area contributed by atoms with Gasteiger partial charge in [0.1, 0.15) is 6.04 Å². The first-order valence-corrected chi connectivity index (χ1v) is 5.12. The summed E-state index contributed by atoms with van der Waals surface area (Å²) in [7, 11) is 6.50. The van der Waals surface area contributed by atoms with Crippen LogP contribution < -0.4 is 9.47 Å². The number of benzene rings is 1. The number of nitrogens with zero attached hydrogens (tertiary/aromatic N) is 1. The first-order chi connectivity index (χ1) is 8.01. The molecule has 0 aliphatic rings. The van der Waals surface area contributed by atoms with Crippen molar-refractivity contribution in [2.24, 2.45) is 0 Å². The van der Waals surface area contributed by atoms with Crippen LogP contribution in [0, 0.1) is 0 Å². The van der Waals surface area contributed by atoms with E-state index in [4.69, 9.17) is 9.47 Å². The number of carboxylic acids is 1. The van der Waals surface area contributed by atoms with Gasteiger partial charge in [0.15, 0.2) is 11.5 Å². The molecule has 0 radical (unpaired) electrons. The molecule has 1 aromatic carbocycles. The molecule has 0 heterocycles. The van der Waals surface area contributed by atoms with Gasteiger partial charge < -0.3 is 14.6 Å². The molecule has 94 valence electrons. The number of hydrogen-bond acceptors (Lipinski definition) is 4. The third-order valence-electron chi connectivity index (χ3n) is 2.47. The van der Waals surface area contributed by atoms with Crippen molar-refractivity contribution in [3.05, 3.63) is 23.8 Å². The van der Waals surface area contributed by atoms with Crippen molar-refractivity contribution in [3.8, 4) is 11.5 Å². The fourth-order valence-electron chi connectivity index (χ4n) is 1.68. The summed E-state index contributed by atoms with van der Waals surface area (Å²) in [6.07, 6.45) is 0. The molecule has 1 aromatic rings. The highest BCUT2D eigenvalue weighted by Crippen LogP contribution is 2.31. The lowest BCUT2D eigenvalue weighted by Gasteiger charge is -2.21. The second kappa shape index (κ2) is 5.54. The highest BCUT2D eigenvalue weighted by molar-refractivity contribution is 5.75. The van der Waals surface area contributed by atoms with Crippen molar-refractivity contribution in [1.29, 1.82) is 0 Å². The molecule has 1 atom stereocenters. The summed E-state index contributed by atoms with van der Waals surface area (Å²) < 4.78 is 10.3. The van der Waals surface area contributed by atoms with Gasteiger partial charge in [-0.2, -0.15) is 0 Å². The van der Waals surface area contributed by atoms with E-state index in [9.17, 15) is 9.90 Å². The summed E-state index contributed by atoms with van der Waals surface area (Å²) in [6, 6.07) is 4.40. The van der Waals surface area contributed by atoms with E-state index in [0.29, 0.717) is 17.1 Å². The number of carboxylic acid groups (broad SMARTS) is 1. The van der Waals surface area contributed by atoms with Crippen molar-refractivity contribution in [2.45, 2.75) is 6.04 Å². The Hall–Kier alpha value is -1.75. The van der Waals surface area contributed by atoms with Crippen LogP contribution in [0.5, 0.6) is 11.5 Å². The van der Waals surface area contributed by atoms with Gasteiger partial charge in [0.25, 0.3) is 0 Å². The van der Waals surface area contributed by atoms with Crippen LogP contribution in [0.2, 0.25) is 0 Å². The Balaban J connectivity index is 3.17. The molecule has 0 saturated heterocycles. The molecule has 5 heteroatoms. The summed E-state index contributed by atoms with van der Waals surface area (Å²) >= 11 is 0. The fraction of sp³-hybridized carbons (Fsp3) is 0.417. The molecule has 0 spiro atoms. The second-order valence-electron chi connectivity index (χ2n) is 3.82. The Bertz CT molecular complexity index is 403. The zero-order chi connectivity index (χ0) is 13.0. The van der Waals surface area contributed by atoms with Crippen LogP contribution in [0.1, 0.15) is 11.6 Å². The number of likely N-dealkylation sites (N-methyl/N-ethyl adjacent to an activating group) is 1. The maximum Gasteiger partial charge on any atom is 0.325 e. The lowest BCUT2D eigenvalue weighted by molar-refractivity contribution is -0.142. The molecule has 1 rings (SSSR count). The number of carbonyl (C=O) groups is 1. The van der Waals surface area contributed by atoms with E-state index in [-0.39, 0.29) is 0 Å². The van der Waals surface area contributed by atoms with Gasteiger partial charge in [-0.15, -0.1) is 0 Å². The van der Waals surface area contributed by atoms with Gasteiger partial charge >= 0.3 is 5.97 Å². The Morgan fingerprint density at radius 2 is 1.82 bits per heavy atom. The number of methoxy groups -OCH3 is 2. The predicted molar refractivity (Wildman–Crippen MR) is 63.6 cm³/mol. The maximum atomic E-state index is 11.2. The van der Waals surface area contributed by atoms with Gasteiger partial charge in [-0.05, 0) is 31.8 Å². The van der Waals surface area contributed by atoms with Gasteiger partial charge in [-0.1, -0.05) is 6.07 Å². The number of aliphatic carboxylic acids is 1. The average Bonchev–Trinajstić information content (AvgIpc) is 2.27. The van der Waals surface area contributed by atoms with Crippen molar-refractivity contribution < 1.29 is 19.4 Å². The van der Waals surface area contributed by atoms with Crippen LogP contribution in [0.4, 0.5) is 0 Å². The van der Waals surface area contributed by atoms with Crippen molar-refractivity contribution in [1.82, 2.24) is 4.90 Å². The first-order valence-electron chi connectivity index (χ1n) is 5.12. The third-order valence-corrected chi connectivity index (χ3v) is 2.47. The highest BCUT2D eigenvalue weighted by Gasteiger charge is 2.23. The summed E-state index contributed by atoms with van der Waals surface area (Å²) in [4.78, 5) is 12.8. The van der Waals surface area contributed by atoms with E-state index in [1.807, 2.05) is 0 Å². The van der Waals surface area contributed by atoms with Crippen molar-refractivity contribution >= 4 is 5.97 Å². The van der Waals surface area contributed by atoms with E-state index in [0.717, 1.165) is 0 Å². The SMILES string of the molecule is COc1ccc([C@@H](C(=O)O)N(C)C)cc1OC. The summed E-state index contributed by atoms with van der Waals surface area (Å²) in [6.45, 7) is 0. The van der Waals surface area contributed by atoms with Crippen molar-refractivity contribution in [2.75, 3.05) is 28.3 Å². The second-order valence-corrected chi connectivity index (χ2v) is 3.82. The van der Waals surface area contributed by atoms with E-state index in [1.54, 1.807) is 37.2 Å². The Kier molecular flexibility index (Phi) is 4.34. The Labute approximate surface area is 101 Å². The molecule has 1 N–H and O–H groups in total. The van der Waals surface area contributed by atoms with Crippen LogP contribution in [-0.4, -0.2) is 44.3 Å². The number of hydrogen-bond donors (Lipinski definition) is 1. The quantitative estimate of drug-likeness (QED) is 0.841. The largest absolute Gasteiger partial charge is 0.493 e. The highest BCUT2D eigenvalue weighted by atomic mass is 16.5. The standard InChI is InChI=1S/C12H17NO4/c1-13(2)11(12(14)15)8-5-6-9(16-3)10(7-8)17-4/h5-7,11H,1-4H3,(H,14,15)/t11-/m0/s1. The van der Waals surface area contributed by atoms with Gasteiger partial charge in [0.2, 0.25) is 0 Å². The molecular formula is C12H17NO4. The molecule has 0 saturated carbocycles. The fourth-order valence-corrected chi connectivity index (χ4v) is 1.68. The van der Waals surface area contributed by atoms with E-state index in [2.05, 4.69) is 0 Å². The Morgan fingerprint density at radius 3 is 2.24 bits per heavy atom. The lowest BCUT2D eigenvalue weighted by atomic mass is 10.1. The monoisotopic (exact) mass is 239 g/mol. The van der Waals surface area contributed by atoms with Gasteiger partial charge in [-0.25, -0.2) is 0 Å². The lowest BCUT2D eigenvalue weighted by Crippen LogP contribution is -2.27. The van der Waals surface area contributed by atoms with E-state index < -0.39 is 12.0 Å². The van der Waals surface area contributed by atoms with Crippen LogP contribution in [0.15, 0.2) is 18.2 Å². The molecule has 0 aromatic heterocycles. The smallest absolute Gasteiger partial charge is 0.325 e. The normalized spacial score (nSPS) is 12.3. The number of ether oxygens (including phenoxy) is 2. The summed E-state index contributed by atoms with van der Waals surface area (Å²) in [5, 5.41) is 9.17. The average molecular weight is 239 g/mol.